The number of hydrogen-bond acceptors (Lipinski definition) is 7. The van der Waals surface area contributed by atoms with Crippen molar-refractivity contribution in [3.05, 3.63) is 64.2 Å². The number of benzene rings is 2. The molecule has 0 saturated carbocycles. The molecule has 2 aromatic heterocycles. The van der Waals surface area contributed by atoms with E-state index in [1.807, 2.05) is 44.2 Å². The van der Waals surface area contributed by atoms with Crippen LogP contribution >= 0.6 is 22.7 Å². The third-order valence-electron chi connectivity index (χ3n) is 5.47. The summed E-state index contributed by atoms with van der Waals surface area (Å²) in [6.45, 7) is 4.51. The molecule has 2 heterocycles. The maximum atomic E-state index is 13.0. The summed E-state index contributed by atoms with van der Waals surface area (Å²) in [6, 6.07) is 13.1. The average molecular weight is 479 g/mol. The lowest BCUT2D eigenvalue weighted by molar-refractivity contribution is -0.117. The van der Waals surface area contributed by atoms with Crippen LogP contribution in [-0.2, 0) is 11.2 Å². The summed E-state index contributed by atoms with van der Waals surface area (Å²) in [5.41, 5.74) is 3.24. The van der Waals surface area contributed by atoms with Crippen LogP contribution < -0.4 is 15.4 Å². The van der Waals surface area contributed by atoms with Gasteiger partial charge in [0.1, 0.15) is 5.75 Å². The van der Waals surface area contributed by atoms with Gasteiger partial charge in [0.25, 0.3) is 5.91 Å². The van der Waals surface area contributed by atoms with E-state index in [1.54, 1.807) is 12.1 Å². The Balaban J connectivity index is 1.28. The number of aromatic nitrogens is 2. The third-order valence-corrected chi connectivity index (χ3v) is 7.45. The standard InChI is InChI=1S/C24H22N4O3S2/c1-3-31-15-8-10-17-19(12-15)33-23(25-17)28-22(30)16-9-11-18-20(16)26-24(32-18)27-21(29)14-6-4-13(2)5-7-14/h4-8,10,12,16H,3,9,11H2,1-2H3,(H,25,28,30)(H,26,27,29). The molecule has 0 saturated heterocycles. The second-order valence-corrected chi connectivity index (χ2v) is 9.92. The lowest BCUT2D eigenvalue weighted by atomic mass is 10.1. The van der Waals surface area contributed by atoms with Gasteiger partial charge in [0.15, 0.2) is 10.3 Å². The number of aryl methyl sites for hydroxylation is 2. The lowest BCUT2D eigenvalue weighted by Gasteiger charge is -2.08. The minimum atomic E-state index is -0.354. The number of carbonyl (C=O) groups is 2. The molecular weight excluding hydrogens is 456 g/mol. The smallest absolute Gasteiger partial charge is 0.257 e. The zero-order valence-corrected chi connectivity index (χ0v) is 19.8. The SMILES string of the molecule is CCOc1ccc2nc(NC(=O)C3CCc4sc(NC(=O)c5ccc(C)cc5)nc43)sc2c1. The van der Waals surface area contributed by atoms with Crippen molar-refractivity contribution in [2.45, 2.75) is 32.6 Å². The summed E-state index contributed by atoms with van der Waals surface area (Å²) in [5.74, 6) is 0.103. The molecule has 1 atom stereocenters. The first-order valence-corrected chi connectivity index (χ1v) is 12.4. The number of hydrogen-bond donors (Lipinski definition) is 2. The van der Waals surface area contributed by atoms with Crippen molar-refractivity contribution in [3.63, 3.8) is 0 Å². The van der Waals surface area contributed by atoms with Gasteiger partial charge in [-0.2, -0.15) is 0 Å². The van der Waals surface area contributed by atoms with Crippen LogP contribution in [0.2, 0.25) is 0 Å². The van der Waals surface area contributed by atoms with Crippen LogP contribution in [0.3, 0.4) is 0 Å². The summed E-state index contributed by atoms with van der Waals surface area (Å²) in [4.78, 5) is 35.7. The van der Waals surface area contributed by atoms with Gasteiger partial charge in [0.2, 0.25) is 5.91 Å². The van der Waals surface area contributed by atoms with E-state index in [0.29, 0.717) is 28.9 Å². The van der Waals surface area contributed by atoms with E-state index >= 15 is 0 Å². The number of carbonyl (C=O) groups excluding carboxylic acids is 2. The van der Waals surface area contributed by atoms with E-state index < -0.39 is 0 Å². The number of ether oxygens (including phenoxy) is 1. The Labute approximate surface area is 198 Å². The maximum Gasteiger partial charge on any atom is 0.257 e. The minimum absolute atomic E-state index is 0.125. The van der Waals surface area contributed by atoms with Crippen LogP contribution in [0.1, 0.15) is 45.8 Å². The fourth-order valence-electron chi connectivity index (χ4n) is 3.82. The van der Waals surface area contributed by atoms with Crippen molar-refractivity contribution in [3.8, 4) is 5.75 Å². The van der Waals surface area contributed by atoms with E-state index in [4.69, 9.17) is 4.74 Å². The lowest BCUT2D eigenvalue weighted by Crippen LogP contribution is -2.20. The molecule has 2 amide bonds. The Morgan fingerprint density at radius 3 is 2.64 bits per heavy atom. The van der Waals surface area contributed by atoms with E-state index in [-0.39, 0.29) is 17.7 Å². The van der Waals surface area contributed by atoms with Crippen LogP contribution in [0.15, 0.2) is 42.5 Å². The van der Waals surface area contributed by atoms with Gasteiger partial charge < -0.3 is 10.1 Å². The number of fused-ring (bicyclic) bond motifs is 2. The molecule has 0 aliphatic heterocycles. The van der Waals surface area contributed by atoms with E-state index in [0.717, 1.165) is 38.5 Å². The molecule has 33 heavy (non-hydrogen) atoms. The van der Waals surface area contributed by atoms with Gasteiger partial charge >= 0.3 is 0 Å². The zero-order valence-electron chi connectivity index (χ0n) is 18.2. The zero-order chi connectivity index (χ0) is 22.9. The number of rotatable bonds is 6. The second kappa shape index (κ2) is 8.92. The summed E-state index contributed by atoms with van der Waals surface area (Å²) in [7, 11) is 0. The van der Waals surface area contributed by atoms with Crippen LogP contribution in [0, 0.1) is 6.92 Å². The van der Waals surface area contributed by atoms with Crippen LogP contribution in [-0.4, -0.2) is 28.4 Å². The molecule has 5 rings (SSSR count). The van der Waals surface area contributed by atoms with E-state index in [9.17, 15) is 9.59 Å². The fraction of sp³-hybridized carbons (Fsp3) is 0.250. The topological polar surface area (TPSA) is 93.2 Å². The molecule has 0 spiro atoms. The summed E-state index contributed by atoms with van der Waals surface area (Å²) in [5, 5.41) is 6.89. The van der Waals surface area contributed by atoms with E-state index in [2.05, 4.69) is 20.6 Å². The highest BCUT2D eigenvalue weighted by Crippen LogP contribution is 2.39. The summed E-state index contributed by atoms with van der Waals surface area (Å²) >= 11 is 2.86. The van der Waals surface area contributed by atoms with Crippen LogP contribution in [0.4, 0.5) is 10.3 Å². The molecule has 0 fully saturated rings. The molecular formula is C24H22N4O3S2. The first-order valence-electron chi connectivity index (χ1n) is 10.7. The van der Waals surface area contributed by atoms with Gasteiger partial charge in [-0.25, -0.2) is 9.97 Å². The maximum absolute atomic E-state index is 13.0. The first kappa shape index (κ1) is 21.5. The Hall–Kier alpha value is -3.30. The van der Waals surface area contributed by atoms with Crippen molar-refractivity contribution < 1.29 is 14.3 Å². The monoisotopic (exact) mass is 478 g/mol. The number of nitrogens with zero attached hydrogens (tertiary/aromatic N) is 2. The molecule has 7 nitrogen and oxygen atoms in total. The Bertz CT molecular complexity index is 1340. The molecule has 9 heteroatoms. The van der Waals surface area contributed by atoms with Crippen molar-refractivity contribution in [2.24, 2.45) is 0 Å². The molecule has 0 bridgehead atoms. The molecule has 1 aliphatic carbocycles. The fourth-order valence-corrected chi connectivity index (χ4v) is 5.75. The van der Waals surface area contributed by atoms with E-state index in [1.165, 1.54) is 22.7 Å². The Morgan fingerprint density at radius 1 is 1.06 bits per heavy atom. The van der Waals surface area contributed by atoms with Crippen molar-refractivity contribution in [1.29, 1.82) is 0 Å². The average Bonchev–Trinajstić information content (AvgIpc) is 3.47. The normalized spacial score (nSPS) is 14.8. The predicted molar refractivity (Wildman–Crippen MR) is 132 cm³/mol. The molecule has 1 unspecified atom stereocenters. The highest BCUT2D eigenvalue weighted by atomic mass is 32.1. The minimum Gasteiger partial charge on any atom is -0.494 e. The molecule has 168 valence electrons. The molecule has 2 N–H and O–H groups in total. The van der Waals surface area contributed by atoms with Crippen LogP contribution in [0.5, 0.6) is 5.75 Å². The van der Waals surface area contributed by atoms with Crippen LogP contribution in [0.25, 0.3) is 10.2 Å². The highest BCUT2D eigenvalue weighted by Gasteiger charge is 2.33. The van der Waals surface area contributed by atoms with Gasteiger partial charge in [-0.1, -0.05) is 29.0 Å². The quantitative estimate of drug-likeness (QED) is 0.388. The molecule has 2 aromatic carbocycles. The second-order valence-electron chi connectivity index (χ2n) is 7.81. The van der Waals surface area contributed by atoms with Gasteiger partial charge in [-0.05, 0) is 57.0 Å². The number of nitrogens with one attached hydrogen (secondary N) is 2. The number of anilines is 2. The highest BCUT2D eigenvalue weighted by molar-refractivity contribution is 7.22. The van der Waals surface area contributed by atoms with Gasteiger partial charge in [-0.15, -0.1) is 11.3 Å². The number of amides is 2. The molecule has 0 radical (unpaired) electrons. The van der Waals surface area contributed by atoms with Gasteiger partial charge in [-0.3, -0.25) is 14.9 Å². The largest absolute Gasteiger partial charge is 0.494 e. The summed E-state index contributed by atoms with van der Waals surface area (Å²) in [6.07, 6.45) is 1.47. The van der Waals surface area contributed by atoms with Crippen molar-refractivity contribution in [2.75, 3.05) is 17.2 Å². The Kier molecular flexibility index (Phi) is 5.82. The summed E-state index contributed by atoms with van der Waals surface area (Å²) < 4.78 is 6.50. The molecule has 4 aromatic rings. The number of thiazole rings is 2. The molecule has 1 aliphatic rings. The first-order chi connectivity index (χ1) is 16.0. The third kappa shape index (κ3) is 4.46. The van der Waals surface area contributed by atoms with Gasteiger partial charge in [0.05, 0.1) is 28.4 Å². The Morgan fingerprint density at radius 2 is 1.85 bits per heavy atom. The predicted octanol–water partition coefficient (Wildman–Crippen LogP) is 5.38. The van der Waals surface area contributed by atoms with Crippen molar-refractivity contribution in [1.82, 2.24) is 9.97 Å². The van der Waals surface area contributed by atoms with Gasteiger partial charge in [0, 0.05) is 10.4 Å². The van der Waals surface area contributed by atoms with Crippen molar-refractivity contribution >= 4 is 55.0 Å².